The molecule has 1 saturated heterocycles. The lowest BCUT2D eigenvalue weighted by Gasteiger charge is -2.13. The molecule has 0 bridgehead atoms. The number of nitrogens with zero attached hydrogens (tertiary/aromatic N) is 1. The van der Waals surface area contributed by atoms with Gasteiger partial charge in [-0.2, -0.15) is 0 Å². The molecule has 1 aromatic carbocycles. The van der Waals surface area contributed by atoms with Gasteiger partial charge in [0.25, 0.3) is 0 Å². The molecule has 3 rings (SSSR count). The average Bonchev–Trinajstić information content (AvgIpc) is 3.09. The molecule has 1 N–H and O–H groups in total. The summed E-state index contributed by atoms with van der Waals surface area (Å²) in [7, 11) is 1.26. The third kappa shape index (κ3) is 2.88. The van der Waals surface area contributed by atoms with Crippen molar-refractivity contribution in [2.75, 3.05) is 19.0 Å². The van der Waals surface area contributed by atoms with Crippen LogP contribution in [0.5, 0.6) is 0 Å². The van der Waals surface area contributed by atoms with E-state index in [9.17, 15) is 19.2 Å². The number of ether oxygens (including phenoxy) is 1. The van der Waals surface area contributed by atoms with Gasteiger partial charge >= 0.3 is 5.97 Å². The molecule has 3 amide bonds. The Bertz CT molecular complexity index is 841. The van der Waals surface area contributed by atoms with Crippen molar-refractivity contribution >= 4 is 50.8 Å². The average molecular weight is 346 g/mol. The van der Waals surface area contributed by atoms with E-state index in [-0.39, 0.29) is 36.1 Å². The van der Waals surface area contributed by atoms with E-state index in [0.29, 0.717) is 11.1 Å². The largest absolute Gasteiger partial charge is 0.465 e. The first-order chi connectivity index (χ1) is 11.5. The standard InChI is InChI=1S/C16H14N2O5S/c1-23-16(22)15-14(9-4-2-3-5-10(9)24-15)17-11(19)8-18-12(20)6-7-13(18)21/h2-5H,6-8H2,1H3,(H,17,19). The summed E-state index contributed by atoms with van der Waals surface area (Å²) < 4.78 is 5.58. The highest BCUT2D eigenvalue weighted by Gasteiger charge is 2.31. The van der Waals surface area contributed by atoms with Crippen LogP contribution in [0.15, 0.2) is 24.3 Å². The number of nitrogens with one attached hydrogen (secondary N) is 1. The minimum absolute atomic E-state index is 0.126. The van der Waals surface area contributed by atoms with Gasteiger partial charge in [0, 0.05) is 22.9 Å². The van der Waals surface area contributed by atoms with Gasteiger partial charge in [-0.1, -0.05) is 18.2 Å². The Morgan fingerprint density at radius 1 is 1.21 bits per heavy atom. The lowest BCUT2D eigenvalue weighted by Crippen LogP contribution is -2.37. The monoisotopic (exact) mass is 346 g/mol. The van der Waals surface area contributed by atoms with Crippen LogP contribution in [0.3, 0.4) is 0 Å². The molecule has 2 heterocycles. The summed E-state index contributed by atoms with van der Waals surface area (Å²) in [6, 6.07) is 7.22. The van der Waals surface area contributed by atoms with E-state index in [1.807, 2.05) is 12.1 Å². The molecule has 1 aliphatic rings. The molecule has 1 aliphatic heterocycles. The van der Waals surface area contributed by atoms with Crippen molar-refractivity contribution in [2.45, 2.75) is 12.8 Å². The van der Waals surface area contributed by atoms with E-state index in [1.165, 1.54) is 18.4 Å². The topological polar surface area (TPSA) is 92.8 Å². The molecule has 1 fully saturated rings. The van der Waals surface area contributed by atoms with E-state index in [1.54, 1.807) is 12.1 Å². The molecular weight excluding hydrogens is 332 g/mol. The Morgan fingerprint density at radius 2 is 1.88 bits per heavy atom. The van der Waals surface area contributed by atoms with Gasteiger partial charge in [-0.15, -0.1) is 11.3 Å². The van der Waals surface area contributed by atoms with Crippen LogP contribution >= 0.6 is 11.3 Å². The zero-order valence-corrected chi connectivity index (χ0v) is 13.6. The third-order valence-corrected chi connectivity index (χ3v) is 4.84. The zero-order valence-electron chi connectivity index (χ0n) is 12.8. The number of hydrogen-bond acceptors (Lipinski definition) is 6. The molecule has 8 heteroatoms. The summed E-state index contributed by atoms with van der Waals surface area (Å²) in [4.78, 5) is 48.6. The van der Waals surface area contributed by atoms with Crippen molar-refractivity contribution in [3.05, 3.63) is 29.1 Å². The quantitative estimate of drug-likeness (QED) is 0.673. The zero-order chi connectivity index (χ0) is 17.3. The minimum Gasteiger partial charge on any atom is -0.465 e. The fraction of sp³-hybridized carbons (Fsp3) is 0.250. The third-order valence-electron chi connectivity index (χ3n) is 3.69. The first kappa shape index (κ1) is 16.1. The van der Waals surface area contributed by atoms with Crippen molar-refractivity contribution in [3.63, 3.8) is 0 Å². The van der Waals surface area contributed by atoms with Gasteiger partial charge in [0.2, 0.25) is 17.7 Å². The number of hydrogen-bond donors (Lipinski definition) is 1. The van der Waals surface area contributed by atoms with Gasteiger partial charge in [0.1, 0.15) is 11.4 Å². The number of likely N-dealkylation sites (tertiary alicyclic amines) is 1. The maximum absolute atomic E-state index is 12.3. The lowest BCUT2D eigenvalue weighted by molar-refractivity contribution is -0.141. The van der Waals surface area contributed by atoms with Gasteiger partial charge < -0.3 is 10.1 Å². The number of methoxy groups -OCH3 is 1. The van der Waals surface area contributed by atoms with Crippen LogP contribution in [-0.4, -0.2) is 42.2 Å². The molecule has 0 aliphatic carbocycles. The van der Waals surface area contributed by atoms with Crippen molar-refractivity contribution in [1.82, 2.24) is 4.90 Å². The summed E-state index contributed by atoms with van der Waals surface area (Å²) in [6.45, 7) is -0.359. The highest BCUT2D eigenvalue weighted by atomic mass is 32.1. The molecule has 24 heavy (non-hydrogen) atoms. The van der Waals surface area contributed by atoms with Gasteiger partial charge in [0.05, 0.1) is 12.8 Å². The summed E-state index contributed by atoms with van der Waals surface area (Å²) >= 11 is 1.21. The molecular formula is C16H14N2O5S. The molecule has 0 atom stereocenters. The van der Waals surface area contributed by atoms with Crippen molar-refractivity contribution in [1.29, 1.82) is 0 Å². The highest BCUT2D eigenvalue weighted by Crippen LogP contribution is 2.36. The van der Waals surface area contributed by atoms with Crippen molar-refractivity contribution < 1.29 is 23.9 Å². The SMILES string of the molecule is COC(=O)c1sc2ccccc2c1NC(=O)CN1C(=O)CCC1=O. The van der Waals surface area contributed by atoms with Crippen LogP contribution in [0.2, 0.25) is 0 Å². The predicted octanol–water partition coefficient (Wildman–Crippen LogP) is 1.78. The number of carbonyl (C=O) groups is 4. The highest BCUT2D eigenvalue weighted by molar-refractivity contribution is 7.21. The number of carbonyl (C=O) groups excluding carboxylic acids is 4. The van der Waals surface area contributed by atoms with Gasteiger partial charge in [0.15, 0.2) is 0 Å². The lowest BCUT2D eigenvalue weighted by atomic mass is 10.2. The second-order valence-corrected chi connectivity index (χ2v) is 6.27. The number of imide groups is 1. The first-order valence-corrected chi connectivity index (χ1v) is 8.06. The number of fused-ring (bicyclic) bond motifs is 1. The molecule has 0 saturated carbocycles. The predicted molar refractivity (Wildman–Crippen MR) is 87.7 cm³/mol. The molecule has 0 spiro atoms. The number of anilines is 1. The van der Waals surface area contributed by atoms with Gasteiger partial charge in [-0.05, 0) is 6.07 Å². The maximum atomic E-state index is 12.3. The Hall–Kier alpha value is -2.74. The van der Waals surface area contributed by atoms with Crippen LogP contribution < -0.4 is 5.32 Å². The van der Waals surface area contributed by atoms with Crippen molar-refractivity contribution in [3.8, 4) is 0 Å². The summed E-state index contributed by atoms with van der Waals surface area (Å²) in [6.07, 6.45) is 0.252. The number of rotatable bonds is 4. The molecule has 0 radical (unpaired) electrons. The molecule has 1 aromatic heterocycles. The first-order valence-electron chi connectivity index (χ1n) is 7.24. The maximum Gasteiger partial charge on any atom is 0.350 e. The Kier molecular flexibility index (Phi) is 4.30. The fourth-order valence-corrected chi connectivity index (χ4v) is 3.60. The van der Waals surface area contributed by atoms with Crippen molar-refractivity contribution in [2.24, 2.45) is 0 Å². The Labute approximate surface area is 141 Å². The molecule has 0 unspecified atom stereocenters. The smallest absolute Gasteiger partial charge is 0.350 e. The summed E-state index contributed by atoms with van der Waals surface area (Å²) in [5.41, 5.74) is 0.339. The normalized spacial score (nSPS) is 14.3. The summed E-state index contributed by atoms with van der Waals surface area (Å²) in [5, 5.41) is 3.35. The second kappa shape index (κ2) is 6.40. The van der Waals surface area contributed by atoms with Crippen LogP contribution in [0.25, 0.3) is 10.1 Å². The van der Waals surface area contributed by atoms with Crippen LogP contribution in [0.1, 0.15) is 22.5 Å². The Morgan fingerprint density at radius 3 is 2.54 bits per heavy atom. The Balaban J connectivity index is 1.88. The second-order valence-electron chi connectivity index (χ2n) is 5.22. The fourth-order valence-electron chi connectivity index (χ4n) is 2.53. The number of benzene rings is 1. The molecule has 7 nitrogen and oxygen atoms in total. The van der Waals surface area contributed by atoms with Gasteiger partial charge in [-0.3, -0.25) is 19.3 Å². The van der Waals surface area contributed by atoms with Crippen LogP contribution in [0, 0.1) is 0 Å². The number of amides is 3. The number of esters is 1. The van der Waals surface area contributed by atoms with Crippen LogP contribution in [0.4, 0.5) is 5.69 Å². The van der Waals surface area contributed by atoms with E-state index in [2.05, 4.69) is 5.32 Å². The van der Waals surface area contributed by atoms with E-state index in [4.69, 9.17) is 4.74 Å². The minimum atomic E-state index is -0.556. The van der Waals surface area contributed by atoms with E-state index in [0.717, 1.165) is 9.60 Å². The molecule has 2 aromatic rings. The van der Waals surface area contributed by atoms with E-state index >= 15 is 0 Å². The van der Waals surface area contributed by atoms with E-state index < -0.39 is 11.9 Å². The number of thiophene rings is 1. The van der Waals surface area contributed by atoms with Gasteiger partial charge in [-0.25, -0.2) is 4.79 Å². The molecule has 124 valence electrons. The van der Waals surface area contributed by atoms with Crippen LogP contribution in [-0.2, 0) is 19.1 Å². The summed E-state index contributed by atoms with van der Waals surface area (Å²) in [5.74, 6) is -1.82.